The summed E-state index contributed by atoms with van der Waals surface area (Å²) in [5, 5.41) is 7.04. The number of morpholine rings is 1. The van der Waals surface area contributed by atoms with Crippen molar-refractivity contribution < 1.29 is 4.74 Å². The fourth-order valence-electron chi connectivity index (χ4n) is 2.45. The molecule has 1 atom stereocenters. The van der Waals surface area contributed by atoms with Gasteiger partial charge in [-0.3, -0.25) is 10.00 Å². The summed E-state index contributed by atoms with van der Waals surface area (Å²) in [6.45, 7) is 5.37. The van der Waals surface area contributed by atoms with E-state index in [0.29, 0.717) is 12.4 Å². The van der Waals surface area contributed by atoms with Crippen molar-refractivity contribution in [3.8, 4) is 0 Å². The Hall–Kier alpha value is -1.92. The number of nitrogens with zero attached hydrogens (tertiary/aromatic N) is 3. The van der Waals surface area contributed by atoms with Gasteiger partial charge in [0, 0.05) is 30.9 Å². The molecule has 2 aromatic rings. The Morgan fingerprint density at radius 1 is 1.50 bits per heavy atom. The summed E-state index contributed by atoms with van der Waals surface area (Å²) in [5.41, 5.74) is 8.99. The number of nitrogens with two attached hydrogens (primary N) is 1. The van der Waals surface area contributed by atoms with Crippen molar-refractivity contribution in [3.05, 3.63) is 41.3 Å². The van der Waals surface area contributed by atoms with Crippen molar-refractivity contribution in [2.75, 3.05) is 25.4 Å². The lowest BCUT2D eigenvalue weighted by atomic mass is 10.1. The maximum Gasteiger partial charge on any atom is 0.123 e. The van der Waals surface area contributed by atoms with Crippen LogP contribution >= 0.6 is 0 Å². The van der Waals surface area contributed by atoms with Crippen LogP contribution in [-0.4, -0.2) is 39.8 Å². The smallest absolute Gasteiger partial charge is 0.123 e. The molecule has 106 valence electrons. The first-order chi connectivity index (χ1) is 9.72. The molecular weight excluding hydrogens is 254 g/mol. The quantitative estimate of drug-likeness (QED) is 0.880. The lowest BCUT2D eigenvalue weighted by Gasteiger charge is -2.32. The number of anilines is 1. The Morgan fingerprint density at radius 2 is 2.40 bits per heavy atom. The second kappa shape index (κ2) is 5.60. The molecule has 6 heteroatoms. The van der Waals surface area contributed by atoms with Crippen molar-refractivity contribution >= 4 is 5.82 Å². The van der Waals surface area contributed by atoms with E-state index in [-0.39, 0.29) is 6.10 Å². The average Bonchev–Trinajstić information content (AvgIpc) is 2.85. The highest BCUT2D eigenvalue weighted by molar-refractivity contribution is 5.29. The molecule has 20 heavy (non-hydrogen) atoms. The number of hydrogen-bond acceptors (Lipinski definition) is 5. The molecule has 0 aliphatic carbocycles. The van der Waals surface area contributed by atoms with E-state index in [1.807, 2.05) is 25.3 Å². The Bertz CT molecular complexity index is 582. The third kappa shape index (κ3) is 2.81. The summed E-state index contributed by atoms with van der Waals surface area (Å²) in [6, 6.07) is 5.67. The number of aromatic amines is 1. The molecule has 3 heterocycles. The molecule has 0 saturated carbocycles. The molecule has 1 fully saturated rings. The summed E-state index contributed by atoms with van der Waals surface area (Å²) in [6.07, 6.45) is 1.87. The number of aryl methyl sites for hydroxylation is 1. The lowest BCUT2D eigenvalue weighted by molar-refractivity contribution is -0.0349. The van der Waals surface area contributed by atoms with Gasteiger partial charge < -0.3 is 10.5 Å². The standard InChI is InChI=1S/C14H19N5O/c1-10-11(7-16-18-10)8-19-5-6-20-13(9-19)12-3-2-4-14(15)17-12/h2-4,7,13H,5-6,8-9H2,1H3,(H2,15,17)(H,16,18). The van der Waals surface area contributed by atoms with Gasteiger partial charge in [-0.25, -0.2) is 4.98 Å². The van der Waals surface area contributed by atoms with Gasteiger partial charge in [0.15, 0.2) is 0 Å². The second-order valence-electron chi connectivity index (χ2n) is 5.10. The van der Waals surface area contributed by atoms with Gasteiger partial charge in [-0.05, 0) is 19.1 Å². The first-order valence-corrected chi connectivity index (χ1v) is 6.77. The summed E-state index contributed by atoms with van der Waals surface area (Å²) in [5.74, 6) is 0.536. The molecule has 0 bridgehead atoms. The zero-order chi connectivity index (χ0) is 13.9. The van der Waals surface area contributed by atoms with Gasteiger partial charge in [0.1, 0.15) is 11.9 Å². The Labute approximate surface area is 118 Å². The van der Waals surface area contributed by atoms with E-state index in [0.717, 1.165) is 31.0 Å². The molecule has 0 radical (unpaired) electrons. The lowest BCUT2D eigenvalue weighted by Crippen LogP contribution is -2.38. The Kier molecular flexibility index (Phi) is 3.66. The summed E-state index contributed by atoms with van der Waals surface area (Å²) in [7, 11) is 0. The predicted molar refractivity (Wildman–Crippen MR) is 75.9 cm³/mol. The van der Waals surface area contributed by atoms with Crippen LogP contribution in [0.25, 0.3) is 0 Å². The van der Waals surface area contributed by atoms with E-state index in [1.54, 1.807) is 6.07 Å². The summed E-state index contributed by atoms with van der Waals surface area (Å²) < 4.78 is 5.82. The normalized spacial score (nSPS) is 20.1. The number of pyridine rings is 1. The molecule has 3 N–H and O–H groups in total. The highest BCUT2D eigenvalue weighted by Gasteiger charge is 2.23. The van der Waals surface area contributed by atoms with Gasteiger partial charge in [-0.15, -0.1) is 0 Å². The van der Waals surface area contributed by atoms with Crippen LogP contribution in [0.4, 0.5) is 5.82 Å². The molecule has 0 spiro atoms. The van der Waals surface area contributed by atoms with Crippen molar-refractivity contribution in [2.45, 2.75) is 19.6 Å². The Morgan fingerprint density at radius 3 is 3.15 bits per heavy atom. The van der Waals surface area contributed by atoms with E-state index < -0.39 is 0 Å². The minimum Gasteiger partial charge on any atom is -0.384 e. The van der Waals surface area contributed by atoms with Crippen molar-refractivity contribution in [1.82, 2.24) is 20.1 Å². The number of aromatic nitrogens is 3. The Balaban J connectivity index is 1.69. The van der Waals surface area contributed by atoms with Crippen LogP contribution in [0.1, 0.15) is 23.1 Å². The van der Waals surface area contributed by atoms with Crippen LogP contribution < -0.4 is 5.73 Å². The number of nitrogens with one attached hydrogen (secondary N) is 1. The molecule has 1 saturated heterocycles. The van der Waals surface area contributed by atoms with Gasteiger partial charge in [-0.1, -0.05) is 6.07 Å². The maximum absolute atomic E-state index is 5.82. The zero-order valence-corrected chi connectivity index (χ0v) is 11.5. The summed E-state index contributed by atoms with van der Waals surface area (Å²) >= 11 is 0. The SMILES string of the molecule is Cc1[nH]ncc1CN1CCOC(c2cccc(N)n2)C1. The van der Waals surface area contributed by atoms with Crippen molar-refractivity contribution in [2.24, 2.45) is 0 Å². The van der Waals surface area contributed by atoms with Crippen LogP contribution in [0.15, 0.2) is 24.4 Å². The van der Waals surface area contributed by atoms with Crippen molar-refractivity contribution in [1.29, 1.82) is 0 Å². The topological polar surface area (TPSA) is 80.1 Å². The number of ether oxygens (including phenoxy) is 1. The molecule has 1 unspecified atom stereocenters. The van der Waals surface area contributed by atoms with E-state index in [9.17, 15) is 0 Å². The second-order valence-corrected chi connectivity index (χ2v) is 5.10. The number of H-pyrrole nitrogens is 1. The number of hydrogen-bond donors (Lipinski definition) is 2. The first-order valence-electron chi connectivity index (χ1n) is 6.77. The van der Waals surface area contributed by atoms with Crippen LogP contribution in [0, 0.1) is 6.92 Å². The molecule has 2 aromatic heterocycles. The molecule has 1 aliphatic rings. The number of rotatable bonds is 3. The monoisotopic (exact) mass is 273 g/mol. The van der Waals surface area contributed by atoms with Crippen LogP contribution in [0.5, 0.6) is 0 Å². The molecule has 0 aromatic carbocycles. The largest absolute Gasteiger partial charge is 0.384 e. The van der Waals surface area contributed by atoms with Gasteiger partial charge >= 0.3 is 0 Å². The molecule has 6 nitrogen and oxygen atoms in total. The highest BCUT2D eigenvalue weighted by atomic mass is 16.5. The molecule has 0 amide bonds. The highest BCUT2D eigenvalue weighted by Crippen LogP contribution is 2.22. The van der Waals surface area contributed by atoms with Gasteiger partial charge in [0.2, 0.25) is 0 Å². The third-order valence-electron chi connectivity index (χ3n) is 3.60. The molecule has 1 aliphatic heterocycles. The average molecular weight is 273 g/mol. The van der Waals surface area contributed by atoms with Crippen molar-refractivity contribution in [3.63, 3.8) is 0 Å². The van der Waals surface area contributed by atoms with Gasteiger partial charge in [0.25, 0.3) is 0 Å². The molecular formula is C14H19N5O. The minimum atomic E-state index is -0.0144. The molecule has 3 rings (SSSR count). The van der Waals surface area contributed by atoms with Crippen LogP contribution in [0.2, 0.25) is 0 Å². The van der Waals surface area contributed by atoms with E-state index >= 15 is 0 Å². The first kappa shape index (κ1) is 13.1. The fourth-order valence-corrected chi connectivity index (χ4v) is 2.45. The third-order valence-corrected chi connectivity index (χ3v) is 3.60. The summed E-state index contributed by atoms with van der Waals surface area (Å²) in [4.78, 5) is 6.71. The van der Waals surface area contributed by atoms with Gasteiger partial charge in [-0.2, -0.15) is 5.10 Å². The van der Waals surface area contributed by atoms with E-state index in [4.69, 9.17) is 10.5 Å². The zero-order valence-electron chi connectivity index (χ0n) is 11.5. The number of nitrogen functional groups attached to an aromatic ring is 1. The maximum atomic E-state index is 5.82. The van der Waals surface area contributed by atoms with Gasteiger partial charge in [0.05, 0.1) is 18.5 Å². The van der Waals surface area contributed by atoms with Crippen LogP contribution in [-0.2, 0) is 11.3 Å². The fraction of sp³-hybridized carbons (Fsp3) is 0.429. The predicted octanol–water partition coefficient (Wildman–Crippen LogP) is 1.27. The van der Waals surface area contributed by atoms with E-state index in [1.165, 1.54) is 5.56 Å². The minimum absolute atomic E-state index is 0.0144. The van der Waals surface area contributed by atoms with E-state index in [2.05, 4.69) is 20.1 Å². The van der Waals surface area contributed by atoms with Crippen LogP contribution in [0.3, 0.4) is 0 Å².